The maximum Gasteiger partial charge on any atom is 0.229 e. The Morgan fingerprint density at radius 2 is 1.35 bits per heavy atom. The molecule has 3 aromatic carbocycles. The van der Waals surface area contributed by atoms with E-state index in [1.807, 2.05) is 6.07 Å². The molecule has 5 heteroatoms. The van der Waals surface area contributed by atoms with Crippen LogP contribution in [0.25, 0.3) is 11.1 Å². The number of benzene rings is 3. The van der Waals surface area contributed by atoms with Gasteiger partial charge in [0.2, 0.25) is 11.6 Å². The lowest BCUT2D eigenvalue weighted by Gasteiger charge is -2.13. The van der Waals surface area contributed by atoms with Crippen LogP contribution in [0.5, 0.6) is 5.75 Å². The zero-order valence-electron chi connectivity index (χ0n) is 16.5. The number of ether oxygens (including phenoxy) is 1. The van der Waals surface area contributed by atoms with Crippen molar-refractivity contribution < 1.29 is 23.5 Å². The molecule has 0 radical (unpaired) electrons. The van der Waals surface area contributed by atoms with Crippen LogP contribution in [0.3, 0.4) is 0 Å². The van der Waals surface area contributed by atoms with Crippen molar-refractivity contribution in [1.29, 1.82) is 0 Å². The van der Waals surface area contributed by atoms with Crippen LogP contribution in [-0.4, -0.2) is 24.5 Å². The number of hydrogen-bond donors (Lipinski definition) is 0. The fourth-order valence-electron chi connectivity index (χ4n) is 3.86. The molecule has 5 rings (SSSR count). The fourth-order valence-corrected chi connectivity index (χ4v) is 3.86. The Morgan fingerprint density at radius 3 is 2.00 bits per heavy atom. The van der Waals surface area contributed by atoms with E-state index in [2.05, 4.69) is 0 Å². The molecule has 0 N–H and O–H groups in total. The minimum atomic E-state index is -0.416. The van der Waals surface area contributed by atoms with Crippen molar-refractivity contribution in [3.05, 3.63) is 113 Å². The van der Waals surface area contributed by atoms with Gasteiger partial charge in [0.05, 0.1) is 12.7 Å². The lowest BCUT2D eigenvalue weighted by Crippen LogP contribution is -2.19. The van der Waals surface area contributed by atoms with Crippen molar-refractivity contribution in [2.45, 2.75) is 0 Å². The van der Waals surface area contributed by atoms with E-state index in [1.54, 1.807) is 79.9 Å². The summed E-state index contributed by atoms with van der Waals surface area (Å²) in [6, 6.07) is 22.2. The first-order valence-corrected chi connectivity index (χ1v) is 9.69. The summed E-state index contributed by atoms with van der Waals surface area (Å²) in [6.07, 6.45) is 0. The molecule has 0 saturated heterocycles. The van der Waals surface area contributed by atoms with E-state index >= 15 is 0 Å². The largest absolute Gasteiger partial charge is 0.497 e. The van der Waals surface area contributed by atoms with Crippen molar-refractivity contribution in [1.82, 2.24) is 0 Å². The van der Waals surface area contributed by atoms with Gasteiger partial charge in [0, 0.05) is 22.3 Å². The number of ketones is 3. The molecule has 0 atom stereocenters. The van der Waals surface area contributed by atoms with Gasteiger partial charge in [0.25, 0.3) is 0 Å². The number of furan rings is 1. The van der Waals surface area contributed by atoms with Gasteiger partial charge in [-0.15, -0.1) is 0 Å². The number of hydrogen-bond acceptors (Lipinski definition) is 5. The summed E-state index contributed by atoms with van der Waals surface area (Å²) < 4.78 is 11.0. The molecule has 4 aromatic rings. The molecule has 1 aromatic heterocycles. The number of carbonyl (C=O) groups excluding carboxylic acids is 3. The van der Waals surface area contributed by atoms with Crippen LogP contribution in [0.1, 0.15) is 48.2 Å². The van der Waals surface area contributed by atoms with Crippen LogP contribution in [0, 0.1) is 0 Å². The second-order valence-corrected chi connectivity index (χ2v) is 7.14. The molecule has 0 saturated carbocycles. The lowest BCUT2D eigenvalue weighted by atomic mass is 9.84. The molecule has 1 aliphatic rings. The summed E-state index contributed by atoms with van der Waals surface area (Å²) in [5.74, 6) is -0.673. The number of carbonyl (C=O) groups is 3. The summed E-state index contributed by atoms with van der Waals surface area (Å²) in [7, 11) is 1.54. The highest BCUT2D eigenvalue weighted by Crippen LogP contribution is 2.40. The topological polar surface area (TPSA) is 73.6 Å². The maximum atomic E-state index is 13.4. The molecular formula is C26H16O5. The molecule has 0 spiro atoms. The van der Waals surface area contributed by atoms with Gasteiger partial charge >= 0.3 is 0 Å². The summed E-state index contributed by atoms with van der Waals surface area (Å²) >= 11 is 0. The normalized spacial score (nSPS) is 12.3. The van der Waals surface area contributed by atoms with Gasteiger partial charge in [-0.1, -0.05) is 54.6 Å². The van der Waals surface area contributed by atoms with E-state index in [0.29, 0.717) is 28.0 Å². The Hall–Kier alpha value is -4.25. The van der Waals surface area contributed by atoms with Crippen LogP contribution < -0.4 is 4.74 Å². The van der Waals surface area contributed by atoms with Gasteiger partial charge in [0.15, 0.2) is 17.3 Å². The van der Waals surface area contributed by atoms with Crippen LogP contribution in [0.2, 0.25) is 0 Å². The molecular weight excluding hydrogens is 392 g/mol. The van der Waals surface area contributed by atoms with Gasteiger partial charge in [-0.3, -0.25) is 14.4 Å². The molecule has 150 valence electrons. The van der Waals surface area contributed by atoms with Gasteiger partial charge in [-0.05, 0) is 29.8 Å². The van der Waals surface area contributed by atoms with Crippen molar-refractivity contribution >= 4 is 17.3 Å². The van der Waals surface area contributed by atoms with E-state index in [0.717, 1.165) is 0 Å². The maximum absolute atomic E-state index is 13.4. The average molecular weight is 408 g/mol. The zero-order valence-corrected chi connectivity index (χ0v) is 16.5. The minimum Gasteiger partial charge on any atom is -0.497 e. The van der Waals surface area contributed by atoms with E-state index in [9.17, 15) is 14.4 Å². The molecule has 1 aliphatic carbocycles. The highest BCUT2D eigenvalue weighted by Gasteiger charge is 2.39. The molecule has 0 unspecified atom stereocenters. The Kier molecular flexibility index (Phi) is 4.37. The van der Waals surface area contributed by atoms with Crippen LogP contribution in [0.4, 0.5) is 0 Å². The van der Waals surface area contributed by atoms with E-state index in [4.69, 9.17) is 9.15 Å². The Bertz CT molecular complexity index is 1340. The molecule has 0 bridgehead atoms. The van der Waals surface area contributed by atoms with Crippen LogP contribution in [-0.2, 0) is 0 Å². The van der Waals surface area contributed by atoms with Gasteiger partial charge < -0.3 is 9.15 Å². The Morgan fingerprint density at radius 1 is 0.742 bits per heavy atom. The lowest BCUT2D eigenvalue weighted by molar-refractivity contribution is 0.0951. The third-order valence-corrected chi connectivity index (χ3v) is 5.38. The standard InChI is InChI=1S/C26H16O5/c1-30-17-13-11-16(12-14-17)22(27)25-20(15-7-3-2-4-8-15)21-23(28)18-9-5-6-10-19(18)24(29)26(21)31-25/h2-14H,1H3. The number of methoxy groups -OCH3 is 1. The quantitative estimate of drug-likeness (QED) is 0.393. The Balaban J connectivity index is 1.75. The van der Waals surface area contributed by atoms with Gasteiger partial charge in [-0.2, -0.15) is 0 Å². The highest BCUT2D eigenvalue weighted by molar-refractivity contribution is 6.31. The molecule has 0 fully saturated rings. The van der Waals surface area contributed by atoms with Crippen molar-refractivity contribution in [2.24, 2.45) is 0 Å². The molecule has 0 aliphatic heterocycles. The van der Waals surface area contributed by atoms with Crippen LogP contribution in [0.15, 0.2) is 83.3 Å². The van der Waals surface area contributed by atoms with E-state index < -0.39 is 11.6 Å². The first-order valence-electron chi connectivity index (χ1n) is 9.69. The minimum absolute atomic E-state index is 0.0316. The van der Waals surface area contributed by atoms with Crippen molar-refractivity contribution in [3.8, 4) is 16.9 Å². The first-order chi connectivity index (χ1) is 15.1. The summed E-state index contributed by atoms with van der Waals surface area (Å²) in [5.41, 5.74) is 2.04. The first kappa shape index (κ1) is 18.8. The molecule has 1 heterocycles. The third-order valence-electron chi connectivity index (χ3n) is 5.38. The average Bonchev–Trinajstić information content (AvgIpc) is 3.24. The second-order valence-electron chi connectivity index (χ2n) is 7.14. The third kappa shape index (κ3) is 2.90. The summed E-state index contributed by atoms with van der Waals surface area (Å²) in [4.78, 5) is 39.9. The summed E-state index contributed by atoms with van der Waals surface area (Å²) in [5, 5.41) is 0. The summed E-state index contributed by atoms with van der Waals surface area (Å²) in [6.45, 7) is 0. The zero-order chi connectivity index (χ0) is 21.5. The fraction of sp³-hybridized carbons (Fsp3) is 0.0385. The highest BCUT2D eigenvalue weighted by atomic mass is 16.5. The molecule has 31 heavy (non-hydrogen) atoms. The SMILES string of the molecule is COc1ccc(C(=O)c2oc3c(c2-c2ccccc2)C(=O)c2ccccc2C3=O)cc1. The van der Waals surface area contributed by atoms with Crippen molar-refractivity contribution in [3.63, 3.8) is 0 Å². The predicted molar refractivity (Wildman–Crippen MR) is 114 cm³/mol. The smallest absolute Gasteiger partial charge is 0.229 e. The van der Waals surface area contributed by atoms with Gasteiger partial charge in [0.1, 0.15) is 5.75 Å². The van der Waals surface area contributed by atoms with Crippen molar-refractivity contribution in [2.75, 3.05) is 7.11 Å². The van der Waals surface area contributed by atoms with Gasteiger partial charge in [-0.25, -0.2) is 0 Å². The van der Waals surface area contributed by atoms with E-state index in [-0.39, 0.29) is 28.4 Å². The molecule has 0 amide bonds. The van der Waals surface area contributed by atoms with E-state index in [1.165, 1.54) is 0 Å². The Labute approximate surface area is 177 Å². The van der Waals surface area contributed by atoms with Crippen LogP contribution >= 0.6 is 0 Å². The monoisotopic (exact) mass is 408 g/mol. The second kappa shape index (κ2) is 7.22. The number of rotatable bonds is 4. The predicted octanol–water partition coefficient (Wildman–Crippen LogP) is 4.96. The number of fused-ring (bicyclic) bond motifs is 2. The molecule has 5 nitrogen and oxygen atoms in total.